The quantitative estimate of drug-likeness (QED) is 0.871. The van der Waals surface area contributed by atoms with Crippen molar-refractivity contribution in [2.45, 2.75) is 64.3 Å². The molecule has 0 amide bonds. The lowest BCUT2D eigenvalue weighted by Crippen LogP contribution is -2.22. The van der Waals surface area contributed by atoms with Gasteiger partial charge in [-0.25, -0.2) is 4.98 Å². The van der Waals surface area contributed by atoms with Gasteiger partial charge < -0.3 is 5.73 Å². The van der Waals surface area contributed by atoms with Gasteiger partial charge in [0.2, 0.25) is 0 Å². The van der Waals surface area contributed by atoms with Crippen molar-refractivity contribution in [2.24, 2.45) is 11.7 Å². The van der Waals surface area contributed by atoms with E-state index in [1.165, 1.54) is 30.0 Å². The highest BCUT2D eigenvalue weighted by Gasteiger charge is 2.27. The van der Waals surface area contributed by atoms with E-state index < -0.39 is 0 Å². The van der Waals surface area contributed by atoms with Crippen LogP contribution in [0.2, 0.25) is 0 Å². The zero-order chi connectivity index (χ0) is 12.5. The number of hydrogen-bond acceptors (Lipinski definition) is 3. The maximum atomic E-state index is 6.10. The number of aromatic nitrogens is 1. The van der Waals surface area contributed by atoms with E-state index in [4.69, 9.17) is 10.7 Å². The van der Waals surface area contributed by atoms with Gasteiger partial charge in [-0.1, -0.05) is 20.8 Å². The molecule has 1 aromatic heterocycles. The second kappa shape index (κ2) is 5.07. The minimum absolute atomic E-state index is 0.180. The molecule has 0 saturated heterocycles. The summed E-state index contributed by atoms with van der Waals surface area (Å²) in [7, 11) is 0. The summed E-state index contributed by atoms with van der Waals surface area (Å²) in [5, 5.41) is 3.48. The number of rotatable bonds is 5. The van der Waals surface area contributed by atoms with Crippen LogP contribution >= 0.6 is 11.3 Å². The molecule has 1 fully saturated rings. The maximum Gasteiger partial charge on any atom is 0.0928 e. The van der Waals surface area contributed by atoms with Crippen molar-refractivity contribution in [3.8, 4) is 0 Å². The van der Waals surface area contributed by atoms with Crippen LogP contribution in [0.25, 0.3) is 0 Å². The predicted molar refractivity (Wildman–Crippen MR) is 74.5 cm³/mol. The molecule has 0 spiro atoms. The zero-order valence-corrected chi connectivity index (χ0v) is 12.0. The van der Waals surface area contributed by atoms with Gasteiger partial charge in [0.15, 0.2) is 0 Å². The molecule has 0 radical (unpaired) electrons. The van der Waals surface area contributed by atoms with Crippen LogP contribution in [-0.2, 0) is 11.8 Å². The smallest absolute Gasteiger partial charge is 0.0928 e. The first-order valence-electron chi connectivity index (χ1n) is 6.67. The van der Waals surface area contributed by atoms with Crippen molar-refractivity contribution in [3.05, 3.63) is 16.1 Å². The van der Waals surface area contributed by atoms with E-state index in [0.717, 1.165) is 18.8 Å². The Morgan fingerprint density at radius 1 is 1.47 bits per heavy atom. The number of aryl methyl sites for hydroxylation is 1. The molecular weight excluding hydrogens is 228 g/mol. The van der Waals surface area contributed by atoms with Gasteiger partial charge in [-0.05, 0) is 38.0 Å². The van der Waals surface area contributed by atoms with E-state index in [2.05, 4.69) is 26.2 Å². The molecule has 2 N–H and O–H groups in total. The summed E-state index contributed by atoms with van der Waals surface area (Å²) in [5.74, 6) is 0.830. The summed E-state index contributed by atoms with van der Waals surface area (Å²) in [6, 6.07) is 0.442. The van der Waals surface area contributed by atoms with Gasteiger partial charge in [-0.15, -0.1) is 11.3 Å². The first-order chi connectivity index (χ1) is 7.97. The third-order valence-corrected chi connectivity index (χ3v) is 4.38. The normalized spacial score (nSPS) is 18.4. The molecule has 1 saturated carbocycles. The molecule has 1 aliphatic rings. The Morgan fingerprint density at radius 2 is 2.18 bits per heavy atom. The Labute approximate surface area is 109 Å². The fourth-order valence-corrected chi connectivity index (χ4v) is 3.09. The summed E-state index contributed by atoms with van der Waals surface area (Å²) < 4.78 is 0. The highest BCUT2D eigenvalue weighted by Crippen LogP contribution is 2.33. The number of nitrogens with zero attached hydrogens (tertiary/aromatic N) is 1. The van der Waals surface area contributed by atoms with Crippen molar-refractivity contribution in [2.75, 3.05) is 0 Å². The Bertz CT molecular complexity index is 361. The molecule has 96 valence electrons. The first-order valence-corrected chi connectivity index (χ1v) is 7.55. The van der Waals surface area contributed by atoms with Gasteiger partial charge in [0.25, 0.3) is 0 Å². The van der Waals surface area contributed by atoms with Gasteiger partial charge in [-0.3, -0.25) is 0 Å². The number of thiazole rings is 1. The fourth-order valence-electron chi connectivity index (χ4n) is 2.02. The molecular formula is C14H24N2S. The Morgan fingerprint density at radius 3 is 2.71 bits per heavy atom. The molecule has 17 heavy (non-hydrogen) atoms. The van der Waals surface area contributed by atoms with Crippen LogP contribution < -0.4 is 5.73 Å². The molecule has 0 bridgehead atoms. The van der Waals surface area contributed by atoms with Crippen molar-refractivity contribution in [1.82, 2.24) is 4.98 Å². The fraction of sp³-hybridized carbons (Fsp3) is 0.786. The van der Waals surface area contributed by atoms with E-state index in [9.17, 15) is 0 Å². The lowest BCUT2D eigenvalue weighted by Gasteiger charge is -2.14. The standard InChI is InChI=1S/C14H24N2S/c1-14(2,3)12-9-17-13(16-12)6-4-5-11(15)10-7-8-10/h9-11H,4-8,15H2,1-3H3. The van der Waals surface area contributed by atoms with Crippen LogP contribution in [0.4, 0.5) is 0 Å². The Balaban J connectivity index is 1.77. The molecule has 1 heterocycles. The topological polar surface area (TPSA) is 38.9 Å². The Kier molecular flexibility index (Phi) is 3.88. The monoisotopic (exact) mass is 252 g/mol. The van der Waals surface area contributed by atoms with Crippen LogP contribution in [0, 0.1) is 5.92 Å². The lowest BCUT2D eigenvalue weighted by atomic mass is 9.93. The molecule has 0 aromatic carbocycles. The summed E-state index contributed by atoms with van der Waals surface area (Å²) in [6.07, 6.45) is 6.16. The van der Waals surface area contributed by atoms with Crippen molar-refractivity contribution in [1.29, 1.82) is 0 Å². The molecule has 2 rings (SSSR count). The maximum absolute atomic E-state index is 6.10. The van der Waals surface area contributed by atoms with Crippen molar-refractivity contribution >= 4 is 11.3 Å². The van der Waals surface area contributed by atoms with Crippen LogP contribution in [0.5, 0.6) is 0 Å². The summed E-state index contributed by atoms with van der Waals surface area (Å²) >= 11 is 1.80. The predicted octanol–water partition coefficient (Wildman–Crippen LogP) is 3.50. The average molecular weight is 252 g/mol. The minimum atomic E-state index is 0.180. The average Bonchev–Trinajstić information content (AvgIpc) is 2.97. The first kappa shape index (κ1) is 13.0. The van der Waals surface area contributed by atoms with Gasteiger partial charge >= 0.3 is 0 Å². The highest BCUT2D eigenvalue weighted by molar-refractivity contribution is 7.09. The van der Waals surface area contributed by atoms with Crippen LogP contribution in [-0.4, -0.2) is 11.0 Å². The van der Waals surface area contributed by atoms with Crippen molar-refractivity contribution < 1.29 is 0 Å². The minimum Gasteiger partial charge on any atom is -0.327 e. The van der Waals surface area contributed by atoms with E-state index in [1.807, 2.05) is 0 Å². The molecule has 3 heteroatoms. The number of nitrogens with two attached hydrogens (primary N) is 1. The summed E-state index contributed by atoms with van der Waals surface area (Å²) in [4.78, 5) is 4.72. The van der Waals surface area contributed by atoms with Gasteiger partial charge in [-0.2, -0.15) is 0 Å². The summed E-state index contributed by atoms with van der Waals surface area (Å²) in [5.41, 5.74) is 7.51. The van der Waals surface area contributed by atoms with Gasteiger partial charge in [0, 0.05) is 16.8 Å². The SMILES string of the molecule is CC(C)(C)c1csc(CCCC(N)C2CC2)n1. The van der Waals surface area contributed by atoms with Gasteiger partial charge in [0.05, 0.1) is 10.7 Å². The molecule has 1 unspecified atom stereocenters. The second-order valence-corrected chi connectivity index (χ2v) is 7.21. The van der Waals surface area contributed by atoms with Crippen LogP contribution in [0.3, 0.4) is 0 Å². The van der Waals surface area contributed by atoms with E-state index >= 15 is 0 Å². The zero-order valence-electron chi connectivity index (χ0n) is 11.2. The molecule has 1 atom stereocenters. The second-order valence-electron chi connectivity index (χ2n) is 6.27. The molecule has 1 aromatic rings. The third-order valence-electron chi connectivity index (χ3n) is 3.48. The molecule has 1 aliphatic carbocycles. The van der Waals surface area contributed by atoms with E-state index in [0.29, 0.717) is 6.04 Å². The van der Waals surface area contributed by atoms with Crippen LogP contribution in [0.15, 0.2) is 5.38 Å². The van der Waals surface area contributed by atoms with Gasteiger partial charge in [0.1, 0.15) is 0 Å². The summed E-state index contributed by atoms with van der Waals surface area (Å²) in [6.45, 7) is 6.65. The van der Waals surface area contributed by atoms with E-state index in [1.54, 1.807) is 11.3 Å². The van der Waals surface area contributed by atoms with Crippen molar-refractivity contribution in [3.63, 3.8) is 0 Å². The largest absolute Gasteiger partial charge is 0.327 e. The lowest BCUT2D eigenvalue weighted by molar-refractivity contribution is 0.526. The number of hydrogen-bond donors (Lipinski definition) is 1. The Hall–Kier alpha value is -0.410. The molecule has 0 aliphatic heterocycles. The highest BCUT2D eigenvalue weighted by atomic mass is 32.1. The third kappa shape index (κ3) is 3.78. The van der Waals surface area contributed by atoms with Crippen LogP contribution in [0.1, 0.15) is 57.2 Å². The van der Waals surface area contributed by atoms with E-state index in [-0.39, 0.29) is 5.41 Å². The molecule has 2 nitrogen and oxygen atoms in total.